The third-order valence-corrected chi connectivity index (χ3v) is 6.47. The number of rotatable bonds is 5. The molecule has 162 valence electrons. The summed E-state index contributed by atoms with van der Waals surface area (Å²) in [5.41, 5.74) is 5.52. The number of anilines is 2. The second kappa shape index (κ2) is 7.98. The monoisotopic (exact) mass is 418 g/mol. The van der Waals surface area contributed by atoms with Crippen LogP contribution in [0.25, 0.3) is 11.1 Å². The molecule has 0 aliphatic heterocycles. The summed E-state index contributed by atoms with van der Waals surface area (Å²) in [5, 5.41) is 19.8. The molecule has 0 aromatic heterocycles. The highest BCUT2D eigenvalue weighted by atomic mass is 16.3. The van der Waals surface area contributed by atoms with Crippen LogP contribution in [0.3, 0.4) is 0 Å². The zero-order valence-corrected chi connectivity index (χ0v) is 18.5. The Labute approximate surface area is 183 Å². The molecule has 5 heteroatoms. The van der Waals surface area contributed by atoms with Crippen LogP contribution in [0.2, 0.25) is 0 Å². The van der Waals surface area contributed by atoms with Gasteiger partial charge in [0.1, 0.15) is 12.2 Å². The molecule has 2 N–H and O–H groups in total. The maximum Gasteiger partial charge on any atom is 0.237 e. The first-order valence-electron chi connectivity index (χ1n) is 10.7. The summed E-state index contributed by atoms with van der Waals surface area (Å²) in [6.07, 6.45) is 4.59. The average Bonchev–Trinajstić information content (AvgIpc) is 3.57. The lowest BCUT2D eigenvalue weighted by atomic mass is 9.88. The van der Waals surface area contributed by atoms with Crippen molar-refractivity contribution < 1.29 is 15.0 Å². The molecule has 2 aromatic carbocycles. The number of hydrogen-bond acceptors (Lipinski definition) is 4. The molecule has 1 saturated carbocycles. The standard InChI is InChI=1S/C26H30N2O3/c1-17-8-10-21(16-22(17)18-6-5-7-20(14-18)27(2)3)28(4)25(31)26(12-13-26)19-9-11-23(29)24(30)15-19/h5-11,14-16,23-24,29-30H,12-13H2,1-4H3. The minimum absolute atomic E-state index is 0.0174. The highest BCUT2D eigenvalue weighted by Crippen LogP contribution is 2.54. The van der Waals surface area contributed by atoms with E-state index in [1.807, 2.05) is 33.3 Å². The third kappa shape index (κ3) is 3.91. The molecule has 0 radical (unpaired) electrons. The first-order valence-corrected chi connectivity index (χ1v) is 10.7. The van der Waals surface area contributed by atoms with Crippen molar-refractivity contribution in [2.45, 2.75) is 32.0 Å². The molecular formula is C26H30N2O3. The van der Waals surface area contributed by atoms with Crippen molar-refractivity contribution in [1.82, 2.24) is 0 Å². The van der Waals surface area contributed by atoms with Gasteiger partial charge in [0.2, 0.25) is 5.91 Å². The SMILES string of the molecule is Cc1ccc(N(C)C(=O)C2(C3=CC(O)C(O)C=C3)CC2)cc1-c1cccc(N(C)C)c1. The smallest absolute Gasteiger partial charge is 0.237 e. The van der Waals surface area contributed by atoms with Crippen molar-refractivity contribution in [3.63, 3.8) is 0 Å². The Balaban J connectivity index is 1.64. The average molecular weight is 419 g/mol. The Hall–Kier alpha value is -2.89. The molecule has 1 amide bonds. The van der Waals surface area contributed by atoms with Gasteiger partial charge in [-0.1, -0.05) is 30.4 Å². The number of carbonyl (C=O) groups is 1. The number of benzene rings is 2. The van der Waals surface area contributed by atoms with E-state index in [1.165, 1.54) is 0 Å². The Morgan fingerprint density at radius 2 is 1.74 bits per heavy atom. The summed E-state index contributed by atoms with van der Waals surface area (Å²) in [7, 11) is 5.86. The number of carbonyl (C=O) groups excluding carboxylic acids is 1. The van der Waals surface area contributed by atoms with Gasteiger partial charge in [0.05, 0.1) is 5.41 Å². The summed E-state index contributed by atoms with van der Waals surface area (Å²) in [6, 6.07) is 14.5. The molecule has 5 nitrogen and oxygen atoms in total. The summed E-state index contributed by atoms with van der Waals surface area (Å²) in [5.74, 6) is 0.0174. The van der Waals surface area contributed by atoms with Crippen molar-refractivity contribution in [2.24, 2.45) is 5.41 Å². The van der Waals surface area contributed by atoms with Crippen molar-refractivity contribution in [1.29, 1.82) is 0 Å². The van der Waals surface area contributed by atoms with Gasteiger partial charge in [-0.3, -0.25) is 4.79 Å². The number of hydrogen-bond donors (Lipinski definition) is 2. The lowest BCUT2D eigenvalue weighted by Crippen LogP contribution is -2.36. The first-order chi connectivity index (χ1) is 14.7. The van der Waals surface area contributed by atoms with Crippen LogP contribution in [0.1, 0.15) is 18.4 Å². The number of allylic oxidation sites excluding steroid dienone is 1. The quantitative estimate of drug-likeness (QED) is 0.777. The van der Waals surface area contributed by atoms with Crippen LogP contribution in [0, 0.1) is 12.3 Å². The van der Waals surface area contributed by atoms with Crippen LogP contribution in [0.15, 0.2) is 66.3 Å². The highest BCUT2D eigenvalue weighted by Gasteiger charge is 2.54. The van der Waals surface area contributed by atoms with E-state index in [1.54, 1.807) is 23.1 Å². The molecule has 0 heterocycles. The summed E-state index contributed by atoms with van der Waals surface area (Å²) < 4.78 is 0. The minimum Gasteiger partial charge on any atom is -0.386 e. The lowest BCUT2D eigenvalue weighted by Gasteiger charge is -2.28. The molecule has 2 aromatic rings. The van der Waals surface area contributed by atoms with Gasteiger partial charge < -0.3 is 20.0 Å². The second-order valence-electron chi connectivity index (χ2n) is 8.85. The van der Waals surface area contributed by atoms with Crippen LogP contribution in [-0.4, -0.2) is 49.5 Å². The van der Waals surface area contributed by atoms with Crippen LogP contribution >= 0.6 is 0 Å². The number of aliphatic hydroxyl groups excluding tert-OH is 2. The van der Waals surface area contributed by atoms with Crippen molar-refractivity contribution in [3.8, 4) is 11.1 Å². The van der Waals surface area contributed by atoms with E-state index in [2.05, 4.69) is 42.2 Å². The molecule has 0 saturated heterocycles. The third-order valence-electron chi connectivity index (χ3n) is 6.47. The van der Waals surface area contributed by atoms with E-state index < -0.39 is 17.6 Å². The predicted octanol–water partition coefficient (Wildman–Crippen LogP) is 3.69. The Kier molecular flexibility index (Phi) is 5.50. The van der Waals surface area contributed by atoms with Gasteiger partial charge >= 0.3 is 0 Å². The molecule has 4 rings (SSSR count). The predicted molar refractivity (Wildman–Crippen MR) is 125 cm³/mol. The normalized spacial score (nSPS) is 21.4. The molecule has 2 unspecified atom stereocenters. The number of aliphatic hydroxyl groups is 2. The molecule has 2 aliphatic carbocycles. The van der Waals surface area contributed by atoms with E-state index in [9.17, 15) is 15.0 Å². The topological polar surface area (TPSA) is 64.0 Å². The van der Waals surface area contributed by atoms with E-state index in [0.29, 0.717) is 0 Å². The van der Waals surface area contributed by atoms with Gasteiger partial charge in [-0.25, -0.2) is 0 Å². The first kappa shape index (κ1) is 21.3. The van der Waals surface area contributed by atoms with Gasteiger partial charge in [-0.2, -0.15) is 0 Å². The summed E-state index contributed by atoms with van der Waals surface area (Å²) >= 11 is 0. The van der Waals surface area contributed by atoms with E-state index in [-0.39, 0.29) is 5.91 Å². The zero-order chi connectivity index (χ0) is 22.3. The van der Waals surface area contributed by atoms with Gasteiger partial charge in [0.15, 0.2) is 0 Å². The highest BCUT2D eigenvalue weighted by molar-refractivity contribution is 6.02. The summed E-state index contributed by atoms with van der Waals surface area (Å²) in [6.45, 7) is 2.08. The van der Waals surface area contributed by atoms with Gasteiger partial charge in [0.25, 0.3) is 0 Å². The van der Waals surface area contributed by atoms with E-state index >= 15 is 0 Å². The Morgan fingerprint density at radius 1 is 1.00 bits per heavy atom. The van der Waals surface area contributed by atoms with E-state index in [4.69, 9.17) is 0 Å². The van der Waals surface area contributed by atoms with Crippen molar-refractivity contribution in [3.05, 3.63) is 71.8 Å². The maximum absolute atomic E-state index is 13.5. The Bertz CT molecular complexity index is 1070. The van der Waals surface area contributed by atoms with Gasteiger partial charge in [-0.15, -0.1) is 0 Å². The van der Waals surface area contributed by atoms with Gasteiger partial charge in [-0.05, 0) is 72.4 Å². The fraction of sp³-hybridized carbons (Fsp3) is 0.346. The summed E-state index contributed by atoms with van der Waals surface area (Å²) in [4.78, 5) is 17.3. The minimum atomic E-state index is -0.967. The second-order valence-corrected chi connectivity index (χ2v) is 8.85. The van der Waals surface area contributed by atoms with Crippen molar-refractivity contribution in [2.75, 3.05) is 30.9 Å². The molecule has 0 bridgehead atoms. The fourth-order valence-corrected chi connectivity index (χ4v) is 4.24. The van der Waals surface area contributed by atoms with Crippen molar-refractivity contribution >= 4 is 17.3 Å². The molecule has 1 fully saturated rings. The largest absolute Gasteiger partial charge is 0.386 e. The zero-order valence-electron chi connectivity index (χ0n) is 18.5. The van der Waals surface area contributed by atoms with Crippen LogP contribution in [0.4, 0.5) is 11.4 Å². The molecule has 31 heavy (non-hydrogen) atoms. The van der Waals surface area contributed by atoms with Gasteiger partial charge in [0, 0.05) is 32.5 Å². The molecule has 0 spiro atoms. The number of nitrogens with zero attached hydrogens (tertiary/aromatic N) is 2. The lowest BCUT2D eigenvalue weighted by molar-refractivity contribution is -0.122. The molecule has 2 aliphatic rings. The maximum atomic E-state index is 13.5. The van der Waals surface area contributed by atoms with Crippen LogP contribution in [0.5, 0.6) is 0 Å². The Morgan fingerprint density at radius 3 is 2.39 bits per heavy atom. The fourth-order valence-electron chi connectivity index (χ4n) is 4.24. The van der Waals surface area contributed by atoms with Crippen LogP contribution < -0.4 is 9.80 Å². The molecular weight excluding hydrogens is 388 g/mol. The van der Waals surface area contributed by atoms with Crippen LogP contribution in [-0.2, 0) is 4.79 Å². The number of amides is 1. The van der Waals surface area contributed by atoms with E-state index in [0.717, 1.165) is 46.5 Å². The molecule has 2 atom stereocenters. The number of aryl methyl sites for hydroxylation is 1.